The molecule has 2 rings (SSSR count). The maximum Gasteiger partial charge on any atom is 0.271 e. The Balaban J connectivity index is 2.35. The van der Waals surface area contributed by atoms with Crippen molar-refractivity contribution in [2.24, 2.45) is 0 Å². The highest BCUT2D eigenvalue weighted by Crippen LogP contribution is 2.25. The summed E-state index contributed by atoms with van der Waals surface area (Å²) in [6.45, 7) is 5.64. The van der Waals surface area contributed by atoms with Gasteiger partial charge in [0.1, 0.15) is 0 Å². The zero-order chi connectivity index (χ0) is 21.1. The summed E-state index contributed by atoms with van der Waals surface area (Å²) in [7, 11) is -7.75. The molecule has 9 nitrogen and oxygen atoms in total. The molecule has 0 aliphatic rings. The molecule has 0 radical (unpaired) electrons. The standard InChI is InChI=1S/C17H21N3O6S2/c1-4-19(5-2)28(25,26)16-10-8-15(9-11-16)27(23,24)18-17-12-14(20(21)22)7-6-13(17)3/h6-12,18H,4-5H2,1-3H3. The third kappa shape index (κ3) is 4.49. The van der Waals surface area contributed by atoms with Crippen molar-refractivity contribution in [3.05, 3.63) is 58.1 Å². The molecular formula is C17H21N3O6S2. The summed E-state index contributed by atoms with van der Waals surface area (Å²) < 4.78 is 53.8. The van der Waals surface area contributed by atoms with Crippen LogP contribution in [0.1, 0.15) is 19.4 Å². The number of benzene rings is 2. The lowest BCUT2D eigenvalue weighted by Crippen LogP contribution is -2.30. The van der Waals surface area contributed by atoms with Crippen LogP contribution < -0.4 is 4.72 Å². The highest BCUT2D eigenvalue weighted by Gasteiger charge is 2.23. The Morgan fingerprint density at radius 3 is 2.00 bits per heavy atom. The second-order valence-corrected chi connectivity index (χ2v) is 9.54. The van der Waals surface area contributed by atoms with E-state index in [0.29, 0.717) is 18.7 Å². The summed E-state index contributed by atoms with van der Waals surface area (Å²) in [5.41, 5.74) is 0.341. The molecule has 0 saturated carbocycles. The van der Waals surface area contributed by atoms with E-state index in [4.69, 9.17) is 0 Å². The van der Waals surface area contributed by atoms with E-state index in [-0.39, 0.29) is 21.2 Å². The summed E-state index contributed by atoms with van der Waals surface area (Å²) in [5, 5.41) is 10.9. The van der Waals surface area contributed by atoms with Crippen LogP contribution in [0.25, 0.3) is 0 Å². The van der Waals surface area contributed by atoms with Crippen molar-refractivity contribution in [2.45, 2.75) is 30.6 Å². The normalized spacial score (nSPS) is 12.1. The van der Waals surface area contributed by atoms with Gasteiger partial charge in [-0.1, -0.05) is 19.9 Å². The summed E-state index contributed by atoms with van der Waals surface area (Å²) in [6.07, 6.45) is 0. The van der Waals surface area contributed by atoms with Gasteiger partial charge in [0, 0.05) is 25.2 Å². The van der Waals surface area contributed by atoms with Crippen LogP contribution in [0.5, 0.6) is 0 Å². The molecule has 28 heavy (non-hydrogen) atoms. The molecule has 0 saturated heterocycles. The van der Waals surface area contributed by atoms with Gasteiger partial charge in [0.15, 0.2) is 0 Å². The number of nitrogens with zero attached hydrogens (tertiary/aromatic N) is 2. The average Bonchev–Trinajstić information content (AvgIpc) is 2.64. The molecule has 0 bridgehead atoms. The van der Waals surface area contributed by atoms with Crippen LogP contribution in [0, 0.1) is 17.0 Å². The number of non-ortho nitro benzene ring substituents is 1. The molecule has 0 fully saturated rings. The maximum atomic E-state index is 12.6. The Morgan fingerprint density at radius 1 is 0.964 bits per heavy atom. The fraction of sp³-hybridized carbons (Fsp3) is 0.294. The summed E-state index contributed by atoms with van der Waals surface area (Å²) in [6, 6.07) is 8.67. The van der Waals surface area contributed by atoms with Crippen molar-refractivity contribution in [1.29, 1.82) is 0 Å². The third-order valence-electron chi connectivity index (χ3n) is 4.15. The first-order valence-electron chi connectivity index (χ1n) is 8.41. The number of anilines is 1. The molecule has 0 aliphatic heterocycles. The second-order valence-electron chi connectivity index (χ2n) is 5.92. The van der Waals surface area contributed by atoms with E-state index in [9.17, 15) is 26.9 Å². The molecule has 0 spiro atoms. The van der Waals surface area contributed by atoms with Crippen LogP contribution >= 0.6 is 0 Å². The molecule has 11 heteroatoms. The summed E-state index contributed by atoms with van der Waals surface area (Å²) >= 11 is 0. The van der Waals surface area contributed by atoms with Crippen molar-refractivity contribution in [1.82, 2.24) is 4.31 Å². The minimum absolute atomic E-state index is 0.0123. The summed E-state index contributed by atoms with van der Waals surface area (Å²) in [5.74, 6) is 0. The van der Waals surface area contributed by atoms with E-state index in [1.807, 2.05) is 0 Å². The highest BCUT2D eigenvalue weighted by atomic mass is 32.2. The molecule has 0 heterocycles. The minimum Gasteiger partial charge on any atom is -0.279 e. The van der Waals surface area contributed by atoms with E-state index >= 15 is 0 Å². The molecule has 2 aromatic carbocycles. The number of hydrogen-bond donors (Lipinski definition) is 1. The Kier molecular flexibility index (Phi) is 6.42. The predicted molar refractivity (Wildman–Crippen MR) is 105 cm³/mol. The highest BCUT2D eigenvalue weighted by molar-refractivity contribution is 7.92. The van der Waals surface area contributed by atoms with Crippen LogP contribution in [0.4, 0.5) is 11.4 Å². The Morgan fingerprint density at radius 2 is 1.50 bits per heavy atom. The van der Waals surface area contributed by atoms with Crippen LogP contribution in [0.2, 0.25) is 0 Å². The van der Waals surface area contributed by atoms with Crippen molar-refractivity contribution < 1.29 is 21.8 Å². The molecule has 0 aliphatic carbocycles. The lowest BCUT2D eigenvalue weighted by molar-refractivity contribution is -0.384. The van der Waals surface area contributed by atoms with Crippen molar-refractivity contribution in [3.8, 4) is 0 Å². The summed E-state index contributed by atoms with van der Waals surface area (Å²) in [4.78, 5) is 10.1. The first-order chi connectivity index (χ1) is 13.0. The molecule has 0 amide bonds. The Bertz CT molecular complexity index is 1080. The van der Waals surface area contributed by atoms with Crippen molar-refractivity contribution >= 4 is 31.4 Å². The molecule has 0 unspecified atom stereocenters. The molecule has 1 N–H and O–H groups in total. The van der Waals surface area contributed by atoms with E-state index in [2.05, 4.69) is 4.72 Å². The fourth-order valence-corrected chi connectivity index (χ4v) is 5.12. The average molecular weight is 428 g/mol. The van der Waals surface area contributed by atoms with E-state index in [1.165, 1.54) is 40.7 Å². The molecular weight excluding hydrogens is 406 g/mol. The van der Waals surface area contributed by atoms with E-state index in [0.717, 1.165) is 6.07 Å². The topological polar surface area (TPSA) is 127 Å². The number of nitrogens with one attached hydrogen (secondary N) is 1. The maximum absolute atomic E-state index is 12.6. The van der Waals surface area contributed by atoms with Crippen LogP contribution in [0.15, 0.2) is 52.3 Å². The van der Waals surface area contributed by atoms with Gasteiger partial charge in [-0.2, -0.15) is 4.31 Å². The van der Waals surface area contributed by atoms with Crippen LogP contribution in [-0.2, 0) is 20.0 Å². The SMILES string of the molecule is CCN(CC)S(=O)(=O)c1ccc(S(=O)(=O)Nc2cc([N+](=O)[O-])ccc2C)cc1. The van der Waals surface area contributed by atoms with Gasteiger partial charge in [0.25, 0.3) is 15.7 Å². The molecule has 2 aromatic rings. The smallest absolute Gasteiger partial charge is 0.271 e. The number of sulfonamides is 2. The van der Waals surface area contributed by atoms with Gasteiger partial charge in [-0.05, 0) is 36.8 Å². The van der Waals surface area contributed by atoms with Gasteiger partial charge in [-0.15, -0.1) is 0 Å². The first kappa shape index (κ1) is 21.8. The number of aryl methyl sites for hydroxylation is 1. The number of rotatable bonds is 8. The largest absolute Gasteiger partial charge is 0.279 e. The predicted octanol–water partition coefficient (Wildman–Crippen LogP) is 2.73. The number of nitro groups is 1. The van der Waals surface area contributed by atoms with Gasteiger partial charge < -0.3 is 0 Å². The minimum atomic E-state index is -4.05. The van der Waals surface area contributed by atoms with Gasteiger partial charge >= 0.3 is 0 Å². The fourth-order valence-electron chi connectivity index (χ4n) is 2.54. The zero-order valence-electron chi connectivity index (χ0n) is 15.6. The van der Waals surface area contributed by atoms with Gasteiger partial charge in [-0.25, -0.2) is 16.8 Å². The zero-order valence-corrected chi connectivity index (χ0v) is 17.2. The molecule has 152 valence electrons. The number of nitro benzene ring substituents is 1. The van der Waals surface area contributed by atoms with E-state index in [1.54, 1.807) is 20.8 Å². The lowest BCUT2D eigenvalue weighted by atomic mass is 10.2. The third-order valence-corrected chi connectivity index (χ3v) is 7.60. The van der Waals surface area contributed by atoms with Crippen molar-refractivity contribution in [3.63, 3.8) is 0 Å². The van der Waals surface area contributed by atoms with Gasteiger partial charge in [0.2, 0.25) is 10.0 Å². The lowest BCUT2D eigenvalue weighted by Gasteiger charge is -2.18. The second kappa shape index (κ2) is 8.25. The van der Waals surface area contributed by atoms with Gasteiger partial charge in [-0.3, -0.25) is 14.8 Å². The van der Waals surface area contributed by atoms with Crippen LogP contribution in [0.3, 0.4) is 0 Å². The molecule has 0 aromatic heterocycles. The van der Waals surface area contributed by atoms with Crippen LogP contribution in [-0.4, -0.2) is 39.2 Å². The monoisotopic (exact) mass is 427 g/mol. The van der Waals surface area contributed by atoms with E-state index < -0.39 is 25.0 Å². The first-order valence-corrected chi connectivity index (χ1v) is 11.3. The van der Waals surface area contributed by atoms with Crippen molar-refractivity contribution in [2.75, 3.05) is 17.8 Å². The Labute approximate surface area is 164 Å². The Hall–Kier alpha value is -2.50. The molecule has 0 atom stereocenters. The number of hydrogen-bond acceptors (Lipinski definition) is 6. The van der Waals surface area contributed by atoms with Gasteiger partial charge in [0.05, 0.1) is 20.4 Å². The quantitative estimate of drug-likeness (QED) is 0.510.